The zero-order valence-electron chi connectivity index (χ0n) is 19.1. The van der Waals surface area contributed by atoms with Crippen LogP contribution in [0.3, 0.4) is 0 Å². The van der Waals surface area contributed by atoms with Crippen LogP contribution in [-0.2, 0) is 0 Å². The smallest absolute Gasteiger partial charge is 0.0780 e. The molecule has 0 unspecified atom stereocenters. The molecule has 0 aliphatic heterocycles. The Kier molecular flexibility index (Phi) is 30.0. The van der Waals surface area contributed by atoms with Crippen LogP contribution in [0.4, 0.5) is 0 Å². The normalized spacial score (nSPS) is 10.8. The zero-order chi connectivity index (χ0) is 19.2. The fourth-order valence-corrected chi connectivity index (χ4v) is 3.13. The van der Waals surface area contributed by atoms with Crippen molar-refractivity contribution in [3.05, 3.63) is 0 Å². The SMILES string of the molecule is CCCCCCCCCCCCCCCCCC[N+](C)(C)C.CCN.[Cl-]. The van der Waals surface area contributed by atoms with E-state index in [-0.39, 0.29) is 12.4 Å². The summed E-state index contributed by atoms with van der Waals surface area (Å²) in [6.45, 7) is 6.28. The van der Waals surface area contributed by atoms with Crippen molar-refractivity contribution >= 4 is 0 Å². The van der Waals surface area contributed by atoms with Crippen LogP contribution in [0.1, 0.15) is 117 Å². The molecule has 0 saturated carbocycles. The predicted molar refractivity (Wildman–Crippen MR) is 117 cm³/mol. The maximum atomic E-state index is 4.85. The first-order chi connectivity index (χ1) is 12.0. The minimum atomic E-state index is 0. The van der Waals surface area contributed by atoms with E-state index in [0.29, 0.717) is 0 Å². The lowest BCUT2D eigenvalue weighted by molar-refractivity contribution is -0.870. The van der Waals surface area contributed by atoms with E-state index in [0.717, 1.165) is 11.0 Å². The molecule has 3 heteroatoms. The molecule has 0 bridgehead atoms. The molecule has 0 aliphatic carbocycles. The van der Waals surface area contributed by atoms with Gasteiger partial charge in [-0.25, -0.2) is 0 Å². The molecule has 0 aromatic rings. The topological polar surface area (TPSA) is 26.0 Å². The van der Waals surface area contributed by atoms with Crippen LogP contribution >= 0.6 is 0 Å². The lowest BCUT2D eigenvalue weighted by Gasteiger charge is -2.23. The molecule has 26 heavy (non-hydrogen) atoms. The highest BCUT2D eigenvalue weighted by Gasteiger charge is 2.04. The van der Waals surface area contributed by atoms with Crippen molar-refractivity contribution in [3.8, 4) is 0 Å². The summed E-state index contributed by atoms with van der Waals surface area (Å²) < 4.78 is 1.12. The third kappa shape index (κ3) is 35.3. The number of halogens is 1. The van der Waals surface area contributed by atoms with E-state index in [1.54, 1.807) is 0 Å². The second-order valence-electron chi connectivity index (χ2n) is 8.73. The molecule has 2 N–H and O–H groups in total. The Hall–Kier alpha value is 0.210. The van der Waals surface area contributed by atoms with Gasteiger partial charge in [0.2, 0.25) is 0 Å². The van der Waals surface area contributed by atoms with Crippen molar-refractivity contribution in [2.75, 3.05) is 34.2 Å². The van der Waals surface area contributed by atoms with Gasteiger partial charge in [-0.05, 0) is 19.4 Å². The maximum absolute atomic E-state index is 4.85. The summed E-state index contributed by atoms with van der Waals surface area (Å²) in [6, 6.07) is 0. The summed E-state index contributed by atoms with van der Waals surface area (Å²) in [5.41, 5.74) is 4.85. The molecule has 0 radical (unpaired) electrons. The van der Waals surface area contributed by atoms with Gasteiger partial charge in [0.1, 0.15) is 0 Å². The lowest BCUT2D eigenvalue weighted by Crippen LogP contribution is -3.00. The molecule has 2 nitrogen and oxygen atoms in total. The number of rotatable bonds is 17. The second kappa shape index (κ2) is 25.2. The van der Waals surface area contributed by atoms with Gasteiger partial charge >= 0.3 is 0 Å². The van der Waals surface area contributed by atoms with E-state index in [1.165, 1.54) is 109 Å². The zero-order valence-corrected chi connectivity index (χ0v) is 19.9. The average molecular weight is 393 g/mol. The van der Waals surface area contributed by atoms with Crippen LogP contribution < -0.4 is 18.1 Å². The summed E-state index contributed by atoms with van der Waals surface area (Å²) in [4.78, 5) is 0. The Morgan fingerprint density at radius 1 is 0.500 bits per heavy atom. The lowest BCUT2D eigenvalue weighted by atomic mass is 10.0. The molecule has 0 aromatic heterocycles. The second-order valence-corrected chi connectivity index (χ2v) is 8.73. The first-order valence-corrected chi connectivity index (χ1v) is 11.5. The molecular weight excluding hydrogens is 340 g/mol. The minimum absolute atomic E-state index is 0. The number of nitrogens with two attached hydrogens (primary N) is 1. The third-order valence-electron chi connectivity index (χ3n) is 4.68. The molecule has 0 rings (SSSR count). The quantitative estimate of drug-likeness (QED) is 0.294. The van der Waals surface area contributed by atoms with Gasteiger partial charge in [-0.15, -0.1) is 0 Å². The van der Waals surface area contributed by atoms with Gasteiger partial charge in [0.15, 0.2) is 0 Å². The third-order valence-corrected chi connectivity index (χ3v) is 4.68. The van der Waals surface area contributed by atoms with E-state index >= 15 is 0 Å². The summed E-state index contributed by atoms with van der Waals surface area (Å²) in [7, 11) is 6.89. The summed E-state index contributed by atoms with van der Waals surface area (Å²) in [5.74, 6) is 0. The van der Waals surface area contributed by atoms with E-state index in [1.807, 2.05) is 6.92 Å². The summed E-state index contributed by atoms with van der Waals surface area (Å²) >= 11 is 0. The first-order valence-electron chi connectivity index (χ1n) is 11.5. The van der Waals surface area contributed by atoms with Gasteiger partial charge in [0, 0.05) is 0 Å². The molecule has 0 aromatic carbocycles. The highest BCUT2D eigenvalue weighted by Crippen LogP contribution is 2.13. The van der Waals surface area contributed by atoms with E-state index in [4.69, 9.17) is 5.73 Å². The Balaban J connectivity index is -0.00000123. The predicted octanol–water partition coefficient (Wildman–Crippen LogP) is 3.92. The molecule has 0 aliphatic rings. The van der Waals surface area contributed by atoms with E-state index in [9.17, 15) is 0 Å². The highest BCUT2D eigenvalue weighted by atomic mass is 35.5. The van der Waals surface area contributed by atoms with Gasteiger partial charge in [-0.2, -0.15) is 0 Å². The van der Waals surface area contributed by atoms with Gasteiger partial charge in [0.25, 0.3) is 0 Å². The fraction of sp³-hybridized carbons (Fsp3) is 1.00. The van der Waals surface area contributed by atoms with Crippen molar-refractivity contribution in [2.24, 2.45) is 5.73 Å². The number of hydrogen-bond donors (Lipinski definition) is 1. The number of unbranched alkanes of at least 4 members (excludes halogenated alkanes) is 15. The number of nitrogens with zero attached hydrogens (tertiary/aromatic N) is 1. The van der Waals surface area contributed by atoms with Crippen LogP contribution in [0.25, 0.3) is 0 Å². The monoisotopic (exact) mass is 392 g/mol. The maximum Gasteiger partial charge on any atom is 0.0780 e. The highest BCUT2D eigenvalue weighted by molar-refractivity contribution is 4.49. The average Bonchev–Trinajstić information content (AvgIpc) is 2.54. The molecule has 0 saturated heterocycles. The molecule has 162 valence electrons. The number of hydrogen-bond acceptors (Lipinski definition) is 1. The van der Waals surface area contributed by atoms with Gasteiger partial charge in [0.05, 0.1) is 27.7 Å². The van der Waals surface area contributed by atoms with Gasteiger partial charge < -0.3 is 22.6 Å². The van der Waals surface area contributed by atoms with Crippen molar-refractivity contribution in [3.63, 3.8) is 0 Å². The minimum Gasteiger partial charge on any atom is -1.00 e. The van der Waals surface area contributed by atoms with Crippen LogP contribution in [0, 0.1) is 0 Å². The molecule has 0 fully saturated rings. The Morgan fingerprint density at radius 2 is 0.731 bits per heavy atom. The standard InChI is InChI=1S/C21H46N.C2H7N.ClH/c1-5-6-7-8-9-10-11-12-13-14-15-16-17-18-19-20-21-22(2,3)4;1-2-3;/h5-21H2,1-4H3;2-3H2,1H3;1H/q+1;;/p-1. The largest absolute Gasteiger partial charge is 1.00 e. The number of quaternary nitrogens is 1. The van der Waals surface area contributed by atoms with Crippen molar-refractivity contribution < 1.29 is 16.9 Å². The van der Waals surface area contributed by atoms with Crippen molar-refractivity contribution in [1.82, 2.24) is 0 Å². The van der Waals surface area contributed by atoms with E-state index in [2.05, 4.69) is 28.1 Å². The Bertz CT molecular complexity index is 227. The van der Waals surface area contributed by atoms with Crippen LogP contribution in [0.5, 0.6) is 0 Å². The fourth-order valence-electron chi connectivity index (χ4n) is 3.13. The van der Waals surface area contributed by atoms with Crippen LogP contribution in [0.2, 0.25) is 0 Å². The van der Waals surface area contributed by atoms with Gasteiger partial charge in [-0.3, -0.25) is 0 Å². The molecular formula is C23H53ClN2. The van der Waals surface area contributed by atoms with Crippen molar-refractivity contribution in [2.45, 2.75) is 117 Å². The van der Waals surface area contributed by atoms with Crippen LogP contribution in [0.15, 0.2) is 0 Å². The van der Waals surface area contributed by atoms with Crippen LogP contribution in [-0.4, -0.2) is 38.7 Å². The molecule has 0 atom stereocenters. The Morgan fingerprint density at radius 3 is 0.962 bits per heavy atom. The molecule has 0 amide bonds. The summed E-state index contributed by atoms with van der Waals surface area (Å²) in [5, 5.41) is 0. The Labute approximate surface area is 173 Å². The van der Waals surface area contributed by atoms with E-state index < -0.39 is 0 Å². The molecule has 0 heterocycles. The first kappa shape index (κ1) is 30.9. The summed E-state index contributed by atoms with van der Waals surface area (Å²) in [6.07, 6.45) is 23.4. The van der Waals surface area contributed by atoms with Crippen molar-refractivity contribution in [1.29, 1.82) is 0 Å². The molecule has 0 spiro atoms. The van der Waals surface area contributed by atoms with Gasteiger partial charge in [-0.1, -0.05) is 104 Å².